The number of ether oxygens (including phenoxy) is 1. The molecule has 5 heteroatoms. The second-order valence-corrected chi connectivity index (χ2v) is 2.53. The number of methoxy groups -OCH3 is 1. The molecule has 0 radical (unpaired) electrons. The van der Waals surface area contributed by atoms with Gasteiger partial charge < -0.3 is 9.84 Å². The Bertz CT molecular complexity index is 385. The molecule has 74 valence electrons. The molecular weight excluding hydrogens is 192 g/mol. The highest BCUT2D eigenvalue weighted by Gasteiger charge is 2.17. The lowest BCUT2D eigenvalue weighted by Gasteiger charge is -2.07. The van der Waals surface area contributed by atoms with E-state index in [0.717, 1.165) is 6.07 Å². The van der Waals surface area contributed by atoms with Gasteiger partial charge in [-0.25, -0.2) is 8.78 Å². The van der Waals surface area contributed by atoms with E-state index < -0.39 is 17.7 Å². The van der Waals surface area contributed by atoms with Crippen molar-refractivity contribution in [3.05, 3.63) is 23.3 Å². The maximum absolute atomic E-state index is 12.3. The molecule has 0 spiro atoms. The van der Waals surface area contributed by atoms with Gasteiger partial charge in [0.15, 0.2) is 0 Å². The van der Waals surface area contributed by atoms with Crippen molar-refractivity contribution in [3.63, 3.8) is 0 Å². The Labute approximate surface area is 79.2 Å². The lowest BCUT2D eigenvalue weighted by atomic mass is 10.1. The Morgan fingerprint density at radius 1 is 1.50 bits per heavy atom. The van der Waals surface area contributed by atoms with Crippen LogP contribution in [0.25, 0.3) is 0 Å². The summed E-state index contributed by atoms with van der Waals surface area (Å²) in [6.45, 7) is 0. The predicted molar refractivity (Wildman–Crippen MR) is 44.3 cm³/mol. The van der Waals surface area contributed by atoms with Crippen LogP contribution in [0.2, 0.25) is 0 Å². The van der Waals surface area contributed by atoms with Crippen LogP contribution in [0.5, 0.6) is 11.5 Å². The maximum Gasteiger partial charge on any atom is 0.267 e. The standard InChI is InChI=1S/C9H7F2NO2/c1-14-6-2-5(4-12)8(13)7(3-6)9(10)11/h2-3,9,13H,1H3. The SMILES string of the molecule is COc1cc(C#N)c(O)c(C(F)F)c1. The van der Waals surface area contributed by atoms with E-state index in [1.807, 2.05) is 0 Å². The fourth-order valence-corrected chi connectivity index (χ4v) is 0.999. The molecule has 1 rings (SSSR count). The Kier molecular flexibility index (Phi) is 2.87. The Morgan fingerprint density at radius 3 is 2.57 bits per heavy atom. The fourth-order valence-electron chi connectivity index (χ4n) is 0.999. The number of nitrogens with zero attached hydrogens (tertiary/aromatic N) is 1. The fraction of sp³-hybridized carbons (Fsp3) is 0.222. The molecule has 1 aromatic rings. The van der Waals surface area contributed by atoms with Crippen molar-refractivity contribution in [2.75, 3.05) is 7.11 Å². The summed E-state index contributed by atoms with van der Waals surface area (Å²) in [4.78, 5) is 0. The van der Waals surface area contributed by atoms with Gasteiger partial charge in [0.25, 0.3) is 6.43 Å². The molecular formula is C9H7F2NO2. The third kappa shape index (κ3) is 1.74. The van der Waals surface area contributed by atoms with Crippen LogP contribution in [0, 0.1) is 11.3 Å². The van der Waals surface area contributed by atoms with Gasteiger partial charge in [-0.1, -0.05) is 0 Å². The number of phenolic OH excluding ortho intramolecular Hbond substituents is 1. The molecule has 1 aromatic carbocycles. The van der Waals surface area contributed by atoms with Gasteiger partial charge in [0.1, 0.15) is 17.6 Å². The van der Waals surface area contributed by atoms with Crippen LogP contribution in [-0.4, -0.2) is 12.2 Å². The monoisotopic (exact) mass is 199 g/mol. The van der Waals surface area contributed by atoms with Crippen molar-refractivity contribution >= 4 is 0 Å². The first kappa shape index (κ1) is 10.3. The summed E-state index contributed by atoms with van der Waals surface area (Å²) in [6, 6.07) is 3.80. The third-order valence-corrected chi connectivity index (χ3v) is 1.70. The number of alkyl halides is 2. The van der Waals surface area contributed by atoms with E-state index in [0.29, 0.717) is 0 Å². The minimum Gasteiger partial charge on any atom is -0.506 e. The smallest absolute Gasteiger partial charge is 0.267 e. The van der Waals surface area contributed by atoms with Crippen molar-refractivity contribution in [3.8, 4) is 17.6 Å². The van der Waals surface area contributed by atoms with Gasteiger partial charge in [0.05, 0.1) is 18.2 Å². The topological polar surface area (TPSA) is 53.2 Å². The summed E-state index contributed by atoms with van der Waals surface area (Å²) < 4.78 is 29.4. The Balaban J connectivity index is 3.36. The van der Waals surface area contributed by atoms with Crippen molar-refractivity contribution < 1.29 is 18.6 Å². The summed E-state index contributed by atoms with van der Waals surface area (Å²) in [7, 11) is 1.29. The largest absolute Gasteiger partial charge is 0.506 e. The number of hydrogen-bond donors (Lipinski definition) is 1. The maximum atomic E-state index is 12.3. The van der Waals surface area contributed by atoms with Gasteiger partial charge in [0.2, 0.25) is 0 Å². The molecule has 0 bridgehead atoms. The molecule has 0 aliphatic rings. The van der Waals surface area contributed by atoms with Gasteiger partial charge in [-0.3, -0.25) is 0 Å². The van der Waals surface area contributed by atoms with E-state index in [1.54, 1.807) is 6.07 Å². The minimum atomic E-state index is -2.84. The molecule has 0 aromatic heterocycles. The normalized spacial score (nSPS) is 9.93. The number of hydrogen-bond acceptors (Lipinski definition) is 3. The molecule has 0 aliphatic heterocycles. The van der Waals surface area contributed by atoms with E-state index in [-0.39, 0.29) is 11.3 Å². The summed E-state index contributed by atoms with van der Waals surface area (Å²) in [5, 5.41) is 17.8. The summed E-state index contributed by atoms with van der Waals surface area (Å²) in [5.74, 6) is -0.571. The van der Waals surface area contributed by atoms with Crippen LogP contribution in [0.1, 0.15) is 17.6 Å². The molecule has 0 fully saturated rings. The van der Waals surface area contributed by atoms with E-state index >= 15 is 0 Å². The Morgan fingerprint density at radius 2 is 2.14 bits per heavy atom. The van der Waals surface area contributed by atoms with Gasteiger partial charge in [-0.15, -0.1) is 0 Å². The van der Waals surface area contributed by atoms with E-state index in [1.165, 1.54) is 13.2 Å². The van der Waals surface area contributed by atoms with Gasteiger partial charge in [0, 0.05) is 6.07 Å². The van der Waals surface area contributed by atoms with Crippen LogP contribution in [0.4, 0.5) is 8.78 Å². The van der Waals surface area contributed by atoms with E-state index in [4.69, 9.17) is 10.00 Å². The average molecular weight is 199 g/mol. The van der Waals surface area contributed by atoms with E-state index in [9.17, 15) is 13.9 Å². The second kappa shape index (κ2) is 3.92. The van der Waals surface area contributed by atoms with Crippen LogP contribution in [-0.2, 0) is 0 Å². The first-order chi connectivity index (χ1) is 6.60. The van der Waals surface area contributed by atoms with Crippen LogP contribution in [0.15, 0.2) is 12.1 Å². The molecule has 0 heterocycles. The van der Waals surface area contributed by atoms with Crippen LogP contribution >= 0.6 is 0 Å². The number of aromatic hydroxyl groups is 1. The lowest BCUT2D eigenvalue weighted by Crippen LogP contribution is -1.92. The van der Waals surface area contributed by atoms with Gasteiger partial charge >= 0.3 is 0 Å². The molecule has 14 heavy (non-hydrogen) atoms. The molecule has 0 aliphatic carbocycles. The zero-order valence-corrected chi connectivity index (χ0v) is 7.29. The first-order valence-corrected chi connectivity index (χ1v) is 3.69. The number of nitriles is 1. The summed E-state index contributed by atoms with van der Waals surface area (Å²) >= 11 is 0. The van der Waals surface area contributed by atoms with Crippen molar-refractivity contribution in [2.45, 2.75) is 6.43 Å². The van der Waals surface area contributed by atoms with Crippen LogP contribution < -0.4 is 4.74 Å². The number of halogens is 2. The highest BCUT2D eigenvalue weighted by Crippen LogP contribution is 2.34. The minimum absolute atomic E-state index is 0.120. The molecule has 0 amide bonds. The first-order valence-electron chi connectivity index (χ1n) is 3.69. The van der Waals surface area contributed by atoms with Gasteiger partial charge in [-0.2, -0.15) is 5.26 Å². The van der Waals surface area contributed by atoms with E-state index in [2.05, 4.69) is 0 Å². The number of benzene rings is 1. The Hall–Kier alpha value is -1.83. The summed E-state index contributed by atoms with van der Waals surface area (Å²) in [6.07, 6.45) is -2.84. The quantitative estimate of drug-likeness (QED) is 0.794. The van der Waals surface area contributed by atoms with Crippen molar-refractivity contribution in [2.24, 2.45) is 0 Å². The second-order valence-electron chi connectivity index (χ2n) is 2.53. The lowest BCUT2D eigenvalue weighted by molar-refractivity contribution is 0.147. The molecule has 3 nitrogen and oxygen atoms in total. The molecule has 0 saturated carbocycles. The highest BCUT2D eigenvalue weighted by atomic mass is 19.3. The highest BCUT2D eigenvalue weighted by molar-refractivity contribution is 5.52. The number of rotatable bonds is 2. The van der Waals surface area contributed by atoms with Gasteiger partial charge in [-0.05, 0) is 6.07 Å². The van der Waals surface area contributed by atoms with Crippen molar-refractivity contribution in [1.82, 2.24) is 0 Å². The van der Waals surface area contributed by atoms with Crippen LogP contribution in [0.3, 0.4) is 0 Å². The molecule has 0 saturated heterocycles. The predicted octanol–water partition coefficient (Wildman–Crippen LogP) is 2.21. The average Bonchev–Trinajstić information content (AvgIpc) is 2.17. The third-order valence-electron chi connectivity index (χ3n) is 1.70. The zero-order chi connectivity index (χ0) is 10.7. The molecule has 0 unspecified atom stereocenters. The molecule has 0 atom stereocenters. The summed E-state index contributed by atoms with van der Waals surface area (Å²) in [5.41, 5.74) is -0.819. The number of phenols is 1. The zero-order valence-electron chi connectivity index (χ0n) is 7.29. The van der Waals surface area contributed by atoms with Crippen molar-refractivity contribution in [1.29, 1.82) is 5.26 Å². The molecule has 1 N–H and O–H groups in total.